The van der Waals surface area contributed by atoms with E-state index < -0.39 is 0 Å². The maximum atomic E-state index is 11.8. The molecule has 0 amide bonds. The van der Waals surface area contributed by atoms with Crippen LogP contribution in [-0.2, 0) is 0 Å². The fraction of sp³-hybridized carbons (Fsp3) is 0.500. The summed E-state index contributed by atoms with van der Waals surface area (Å²) in [5, 5.41) is 0.670. The maximum Gasteiger partial charge on any atom is 0.162 e. The fourth-order valence-electron chi connectivity index (χ4n) is 1.74. The molecule has 0 saturated carbocycles. The molecule has 0 bridgehead atoms. The van der Waals surface area contributed by atoms with E-state index in [0.29, 0.717) is 11.4 Å². The largest absolute Gasteiger partial charge is 0.330 e. The highest BCUT2D eigenvalue weighted by Crippen LogP contribution is 2.13. The molecule has 0 aliphatic rings. The zero-order valence-electron chi connectivity index (χ0n) is 10.1. The molecule has 0 fully saturated rings. The highest BCUT2D eigenvalue weighted by atomic mass is 35.5. The third-order valence-electron chi connectivity index (χ3n) is 2.77. The van der Waals surface area contributed by atoms with E-state index in [-0.39, 0.29) is 5.78 Å². The van der Waals surface area contributed by atoms with Crippen molar-refractivity contribution in [1.29, 1.82) is 0 Å². The van der Waals surface area contributed by atoms with Gasteiger partial charge in [-0.15, -0.1) is 0 Å². The first-order valence-corrected chi connectivity index (χ1v) is 6.60. The summed E-state index contributed by atoms with van der Waals surface area (Å²) in [4.78, 5) is 11.8. The van der Waals surface area contributed by atoms with Gasteiger partial charge >= 0.3 is 0 Å². The Morgan fingerprint density at radius 3 is 2.24 bits per heavy atom. The van der Waals surface area contributed by atoms with E-state index in [1.54, 1.807) is 24.3 Å². The Hall–Kier alpha value is -0.860. The lowest BCUT2D eigenvalue weighted by Gasteiger charge is -2.02. The van der Waals surface area contributed by atoms with Gasteiger partial charge in [0.05, 0.1) is 0 Å². The Morgan fingerprint density at radius 1 is 1.00 bits per heavy atom. The van der Waals surface area contributed by atoms with E-state index in [9.17, 15) is 4.79 Å². The molecule has 0 unspecified atom stereocenters. The van der Waals surface area contributed by atoms with Crippen LogP contribution in [0.15, 0.2) is 24.3 Å². The summed E-state index contributed by atoms with van der Waals surface area (Å²) in [6.45, 7) is 0.768. The fourth-order valence-corrected chi connectivity index (χ4v) is 1.87. The van der Waals surface area contributed by atoms with Gasteiger partial charge in [-0.05, 0) is 43.7 Å². The van der Waals surface area contributed by atoms with E-state index in [1.165, 1.54) is 12.8 Å². The summed E-state index contributed by atoms with van der Waals surface area (Å²) in [7, 11) is 0. The number of nitrogens with two attached hydrogens (primary N) is 1. The SMILES string of the molecule is NCCCCCCCC(=O)c1ccc(Cl)cc1. The second kappa shape index (κ2) is 8.26. The Labute approximate surface area is 108 Å². The quantitative estimate of drug-likeness (QED) is 0.565. The van der Waals surface area contributed by atoms with Crippen molar-refractivity contribution in [2.75, 3.05) is 6.54 Å². The third kappa shape index (κ3) is 5.85. The summed E-state index contributed by atoms with van der Waals surface area (Å²) < 4.78 is 0. The number of benzene rings is 1. The van der Waals surface area contributed by atoms with Gasteiger partial charge in [0.2, 0.25) is 0 Å². The van der Waals surface area contributed by atoms with Gasteiger partial charge < -0.3 is 5.73 Å². The molecular weight excluding hydrogens is 234 g/mol. The molecule has 1 aromatic carbocycles. The average Bonchev–Trinajstić information content (AvgIpc) is 2.34. The second-order valence-corrected chi connectivity index (χ2v) is 4.67. The number of hydrogen-bond acceptors (Lipinski definition) is 2. The van der Waals surface area contributed by atoms with Gasteiger partial charge in [-0.2, -0.15) is 0 Å². The Bertz CT molecular complexity index is 335. The van der Waals surface area contributed by atoms with Gasteiger partial charge in [0.25, 0.3) is 0 Å². The highest BCUT2D eigenvalue weighted by Gasteiger charge is 2.04. The second-order valence-electron chi connectivity index (χ2n) is 4.24. The number of unbranched alkanes of at least 4 members (excludes halogenated alkanes) is 4. The number of carbonyl (C=O) groups is 1. The lowest BCUT2D eigenvalue weighted by Crippen LogP contribution is -1.99. The van der Waals surface area contributed by atoms with E-state index in [4.69, 9.17) is 17.3 Å². The topological polar surface area (TPSA) is 43.1 Å². The summed E-state index contributed by atoms with van der Waals surface area (Å²) in [5.74, 6) is 0.209. The summed E-state index contributed by atoms with van der Waals surface area (Å²) in [6, 6.07) is 7.10. The van der Waals surface area contributed by atoms with Crippen LogP contribution < -0.4 is 5.73 Å². The molecule has 0 aliphatic heterocycles. The lowest BCUT2D eigenvalue weighted by molar-refractivity contribution is 0.0979. The summed E-state index contributed by atoms with van der Waals surface area (Å²) in [5.41, 5.74) is 6.18. The molecule has 0 radical (unpaired) electrons. The van der Waals surface area contributed by atoms with Crippen LogP contribution in [0, 0.1) is 0 Å². The van der Waals surface area contributed by atoms with Crippen LogP contribution >= 0.6 is 11.6 Å². The molecule has 1 rings (SSSR count). The van der Waals surface area contributed by atoms with Gasteiger partial charge in [-0.1, -0.05) is 30.9 Å². The van der Waals surface area contributed by atoms with Crippen LogP contribution in [0.1, 0.15) is 48.9 Å². The molecule has 0 aliphatic carbocycles. The lowest BCUT2D eigenvalue weighted by atomic mass is 10.0. The van der Waals surface area contributed by atoms with Crippen molar-refractivity contribution >= 4 is 17.4 Å². The van der Waals surface area contributed by atoms with Crippen molar-refractivity contribution in [1.82, 2.24) is 0 Å². The minimum Gasteiger partial charge on any atom is -0.330 e. The van der Waals surface area contributed by atoms with E-state index in [0.717, 1.165) is 31.4 Å². The van der Waals surface area contributed by atoms with Crippen molar-refractivity contribution in [3.05, 3.63) is 34.9 Å². The Morgan fingerprint density at radius 2 is 1.59 bits per heavy atom. The van der Waals surface area contributed by atoms with Crippen molar-refractivity contribution in [3.63, 3.8) is 0 Å². The molecule has 1 aromatic rings. The number of halogens is 1. The zero-order valence-corrected chi connectivity index (χ0v) is 10.9. The number of ketones is 1. The van der Waals surface area contributed by atoms with Gasteiger partial charge in [0.15, 0.2) is 5.78 Å². The van der Waals surface area contributed by atoms with E-state index >= 15 is 0 Å². The highest BCUT2D eigenvalue weighted by molar-refractivity contribution is 6.30. The van der Waals surface area contributed by atoms with Crippen LogP contribution in [0.4, 0.5) is 0 Å². The molecule has 0 spiro atoms. The zero-order chi connectivity index (χ0) is 12.5. The molecule has 0 aromatic heterocycles. The van der Waals surface area contributed by atoms with Gasteiger partial charge in [0, 0.05) is 17.0 Å². The monoisotopic (exact) mass is 253 g/mol. The molecule has 0 heterocycles. The summed E-state index contributed by atoms with van der Waals surface area (Å²) >= 11 is 5.77. The van der Waals surface area contributed by atoms with Crippen LogP contribution in [0.5, 0.6) is 0 Å². The first kappa shape index (κ1) is 14.2. The molecule has 2 N–H and O–H groups in total. The number of hydrogen-bond donors (Lipinski definition) is 1. The molecule has 0 saturated heterocycles. The molecule has 94 valence electrons. The Balaban J connectivity index is 2.19. The first-order valence-electron chi connectivity index (χ1n) is 6.23. The standard InChI is InChI=1S/C14H20ClNO/c15-13-9-7-12(8-10-13)14(17)6-4-2-1-3-5-11-16/h7-10H,1-6,11,16H2. The summed E-state index contributed by atoms with van der Waals surface area (Å²) in [6.07, 6.45) is 6.14. The Kier molecular flexibility index (Phi) is 6.90. The van der Waals surface area contributed by atoms with Gasteiger partial charge in [-0.3, -0.25) is 4.79 Å². The van der Waals surface area contributed by atoms with E-state index in [2.05, 4.69) is 0 Å². The minimum atomic E-state index is 0.209. The number of rotatable bonds is 8. The number of carbonyl (C=O) groups excluding carboxylic acids is 1. The minimum absolute atomic E-state index is 0.209. The van der Waals surface area contributed by atoms with Crippen LogP contribution in [0.25, 0.3) is 0 Å². The number of Topliss-reactive ketones (excluding diaryl/α,β-unsaturated/α-hetero) is 1. The van der Waals surface area contributed by atoms with Gasteiger partial charge in [0.1, 0.15) is 0 Å². The van der Waals surface area contributed by atoms with Crippen molar-refractivity contribution in [2.45, 2.75) is 38.5 Å². The van der Waals surface area contributed by atoms with Crippen LogP contribution in [0.2, 0.25) is 5.02 Å². The molecular formula is C14H20ClNO. The van der Waals surface area contributed by atoms with Gasteiger partial charge in [-0.25, -0.2) is 0 Å². The third-order valence-corrected chi connectivity index (χ3v) is 3.03. The van der Waals surface area contributed by atoms with Crippen LogP contribution in [-0.4, -0.2) is 12.3 Å². The molecule has 2 nitrogen and oxygen atoms in total. The van der Waals surface area contributed by atoms with Crippen LogP contribution in [0.3, 0.4) is 0 Å². The van der Waals surface area contributed by atoms with E-state index in [1.807, 2.05) is 0 Å². The predicted octanol–water partition coefficient (Wildman–Crippen LogP) is 3.82. The molecule has 3 heteroatoms. The first-order chi connectivity index (χ1) is 8.24. The molecule has 0 atom stereocenters. The van der Waals surface area contributed by atoms with Crippen molar-refractivity contribution in [3.8, 4) is 0 Å². The van der Waals surface area contributed by atoms with Crippen molar-refractivity contribution in [2.24, 2.45) is 5.73 Å². The normalized spacial score (nSPS) is 10.5. The van der Waals surface area contributed by atoms with Crippen molar-refractivity contribution < 1.29 is 4.79 Å². The predicted molar refractivity (Wildman–Crippen MR) is 72.5 cm³/mol. The molecule has 17 heavy (non-hydrogen) atoms. The average molecular weight is 254 g/mol. The smallest absolute Gasteiger partial charge is 0.162 e. The maximum absolute atomic E-state index is 11.8.